The standard InChI is InChI=1S/C19H16N4O5/c24-15-10-28-9-8-23(15)12-6-4-11(5-7-12)20-18(25)17-21-14-3-1-2-13(19(26)27)16(14)22-17/h1-7H,8-10H2,(H,20,25)(H,21,22)(H,26,27). The van der Waals surface area contributed by atoms with E-state index in [1.165, 1.54) is 6.07 Å². The topological polar surface area (TPSA) is 125 Å². The fourth-order valence-corrected chi connectivity index (χ4v) is 3.02. The number of anilines is 2. The van der Waals surface area contributed by atoms with Gasteiger partial charge in [0.15, 0.2) is 5.82 Å². The molecule has 1 fully saturated rings. The van der Waals surface area contributed by atoms with Crippen molar-refractivity contribution in [3.8, 4) is 0 Å². The summed E-state index contributed by atoms with van der Waals surface area (Å²) < 4.78 is 5.11. The van der Waals surface area contributed by atoms with Gasteiger partial charge in [0.2, 0.25) is 0 Å². The lowest BCUT2D eigenvalue weighted by atomic mass is 10.2. The van der Waals surface area contributed by atoms with E-state index < -0.39 is 11.9 Å². The van der Waals surface area contributed by atoms with Crippen LogP contribution in [0.3, 0.4) is 0 Å². The summed E-state index contributed by atoms with van der Waals surface area (Å²) in [6.45, 7) is 1.02. The second kappa shape index (κ2) is 7.12. The summed E-state index contributed by atoms with van der Waals surface area (Å²) in [5, 5.41) is 11.9. The normalized spacial score (nSPS) is 14.3. The van der Waals surface area contributed by atoms with Gasteiger partial charge in [0.1, 0.15) is 12.1 Å². The van der Waals surface area contributed by atoms with Crippen LogP contribution in [0.25, 0.3) is 11.0 Å². The maximum atomic E-state index is 12.5. The number of aromatic carboxylic acids is 1. The van der Waals surface area contributed by atoms with Crippen LogP contribution in [0.15, 0.2) is 42.5 Å². The van der Waals surface area contributed by atoms with E-state index in [1.54, 1.807) is 41.3 Å². The molecule has 9 heteroatoms. The molecule has 2 heterocycles. The van der Waals surface area contributed by atoms with Gasteiger partial charge >= 0.3 is 5.97 Å². The Bertz CT molecular complexity index is 1070. The van der Waals surface area contributed by atoms with E-state index in [0.29, 0.717) is 24.4 Å². The third-order valence-corrected chi connectivity index (χ3v) is 4.38. The number of aromatic amines is 1. The van der Waals surface area contributed by atoms with Gasteiger partial charge in [0.25, 0.3) is 11.8 Å². The first kappa shape index (κ1) is 17.7. The zero-order valence-corrected chi connectivity index (χ0v) is 14.6. The Balaban J connectivity index is 1.52. The van der Waals surface area contributed by atoms with Crippen LogP contribution in [0.1, 0.15) is 21.0 Å². The van der Waals surface area contributed by atoms with Gasteiger partial charge in [-0.1, -0.05) is 6.07 Å². The minimum atomic E-state index is -1.11. The number of carbonyl (C=O) groups excluding carboxylic acids is 2. The maximum Gasteiger partial charge on any atom is 0.337 e. The number of carboxylic acid groups (broad SMARTS) is 1. The smallest absolute Gasteiger partial charge is 0.337 e. The molecule has 0 unspecified atom stereocenters. The predicted octanol–water partition coefficient (Wildman–Crippen LogP) is 1.88. The van der Waals surface area contributed by atoms with Gasteiger partial charge in [-0.05, 0) is 36.4 Å². The van der Waals surface area contributed by atoms with Crippen LogP contribution in [0.4, 0.5) is 11.4 Å². The van der Waals surface area contributed by atoms with E-state index in [-0.39, 0.29) is 29.4 Å². The number of rotatable bonds is 4. The van der Waals surface area contributed by atoms with Crippen molar-refractivity contribution in [2.75, 3.05) is 30.0 Å². The summed E-state index contributed by atoms with van der Waals surface area (Å²) in [5.41, 5.74) is 1.95. The zero-order valence-electron chi connectivity index (χ0n) is 14.6. The van der Waals surface area contributed by atoms with E-state index in [4.69, 9.17) is 4.74 Å². The molecule has 0 radical (unpaired) electrons. The minimum absolute atomic E-state index is 0.0103. The fourth-order valence-electron chi connectivity index (χ4n) is 3.02. The number of aromatic nitrogens is 2. The average Bonchev–Trinajstić information content (AvgIpc) is 3.13. The molecule has 142 valence electrons. The molecular weight excluding hydrogens is 364 g/mol. The van der Waals surface area contributed by atoms with Crippen molar-refractivity contribution in [2.45, 2.75) is 0 Å². The molecule has 0 saturated carbocycles. The first-order valence-corrected chi connectivity index (χ1v) is 8.54. The van der Waals surface area contributed by atoms with Gasteiger partial charge in [-0.3, -0.25) is 9.59 Å². The van der Waals surface area contributed by atoms with Crippen molar-refractivity contribution in [1.82, 2.24) is 9.97 Å². The Labute approximate surface area is 158 Å². The summed E-state index contributed by atoms with van der Waals surface area (Å²) in [6.07, 6.45) is 0. The molecule has 1 aromatic heterocycles. The number of morpholine rings is 1. The number of ether oxygens (including phenoxy) is 1. The molecule has 0 atom stereocenters. The molecule has 2 aromatic carbocycles. The highest BCUT2D eigenvalue weighted by Crippen LogP contribution is 2.21. The van der Waals surface area contributed by atoms with Crippen LogP contribution >= 0.6 is 0 Å². The Kier molecular flexibility index (Phi) is 4.50. The molecule has 4 rings (SSSR count). The van der Waals surface area contributed by atoms with Crippen LogP contribution < -0.4 is 10.2 Å². The van der Waals surface area contributed by atoms with Crippen molar-refractivity contribution >= 4 is 40.2 Å². The lowest BCUT2D eigenvalue weighted by molar-refractivity contribution is -0.125. The molecule has 3 N–H and O–H groups in total. The average molecular weight is 380 g/mol. The van der Waals surface area contributed by atoms with Crippen LogP contribution in [0.5, 0.6) is 0 Å². The Morgan fingerprint density at radius 1 is 1.18 bits per heavy atom. The summed E-state index contributed by atoms with van der Waals surface area (Å²) in [7, 11) is 0. The molecule has 0 aliphatic carbocycles. The number of amides is 2. The van der Waals surface area contributed by atoms with Gasteiger partial charge in [0.05, 0.1) is 17.7 Å². The first-order chi connectivity index (χ1) is 13.5. The number of fused-ring (bicyclic) bond motifs is 1. The van der Waals surface area contributed by atoms with Crippen molar-refractivity contribution in [3.63, 3.8) is 0 Å². The van der Waals surface area contributed by atoms with Gasteiger partial charge in [-0.25, -0.2) is 9.78 Å². The maximum absolute atomic E-state index is 12.5. The van der Waals surface area contributed by atoms with Crippen molar-refractivity contribution < 1.29 is 24.2 Å². The van der Waals surface area contributed by atoms with Crippen molar-refractivity contribution in [2.24, 2.45) is 0 Å². The molecule has 9 nitrogen and oxygen atoms in total. The Hall–Kier alpha value is -3.72. The fraction of sp³-hybridized carbons (Fsp3) is 0.158. The Morgan fingerprint density at radius 2 is 1.96 bits per heavy atom. The number of nitrogens with one attached hydrogen (secondary N) is 2. The minimum Gasteiger partial charge on any atom is -0.478 e. The van der Waals surface area contributed by atoms with Gasteiger partial charge in [-0.2, -0.15) is 0 Å². The SMILES string of the molecule is O=C(Nc1ccc(N2CCOCC2=O)cc1)c1nc2c(C(=O)O)cccc2[nH]1. The number of hydrogen-bond acceptors (Lipinski definition) is 5. The van der Waals surface area contributed by atoms with E-state index in [2.05, 4.69) is 15.3 Å². The molecule has 2 amide bonds. The van der Waals surface area contributed by atoms with Crippen LogP contribution in [0, 0.1) is 0 Å². The quantitative estimate of drug-likeness (QED) is 0.635. The highest BCUT2D eigenvalue weighted by Gasteiger charge is 2.20. The van der Waals surface area contributed by atoms with Crippen LogP contribution in [-0.2, 0) is 9.53 Å². The lowest BCUT2D eigenvalue weighted by Gasteiger charge is -2.26. The van der Waals surface area contributed by atoms with E-state index >= 15 is 0 Å². The second-order valence-electron chi connectivity index (χ2n) is 6.19. The van der Waals surface area contributed by atoms with Gasteiger partial charge < -0.3 is 25.0 Å². The number of hydrogen-bond donors (Lipinski definition) is 3. The number of para-hydroxylation sites is 1. The van der Waals surface area contributed by atoms with Gasteiger partial charge in [0, 0.05) is 17.9 Å². The highest BCUT2D eigenvalue weighted by atomic mass is 16.5. The second-order valence-corrected chi connectivity index (χ2v) is 6.19. The number of H-pyrrole nitrogens is 1. The largest absolute Gasteiger partial charge is 0.478 e. The monoisotopic (exact) mass is 380 g/mol. The lowest BCUT2D eigenvalue weighted by Crippen LogP contribution is -2.41. The summed E-state index contributed by atoms with van der Waals surface area (Å²) in [4.78, 5) is 44.2. The molecule has 0 bridgehead atoms. The number of imidazole rings is 1. The molecule has 3 aromatic rings. The number of carboxylic acids is 1. The zero-order chi connectivity index (χ0) is 19.7. The predicted molar refractivity (Wildman–Crippen MR) is 101 cm³/mol. The summed E-state index contributed by atoms with van der Waals surface area (Å²) >= 11 is 0. The number of benzene rings is 2. The first-order valence-electron chi connectivity index (χ1n) is 8.54. The highest BCUT2D eigenvalue weighted by molar-refractivity contribution is 6.06. The van der Waals surface area contributed by atoms with E-state index in [9.17, 15) is 19.5 Å². The Morgan fingerprint density at radius 3 is 2.68 bits per heavy atom. The molecule has 28 heavy (non-hydrogen) atoms. The molecule has 1 aliphatic rings. The molecular formula is C19H16N4O5. The van der Waals surface area contributed by atoms with E-state index in [1.807, 2.05) is 0 Å². The number of carbonyl (C=O) groups is 3. The molecule has 0 spiro atoms. The van der Waals surface area contributed by atoms with Crippen molar-refractivity contribution in [3.05, 3.63) is 53.9 Å². The van der Waals surface area contributed by atoms with Crippen LogP contribution in [0.2, 0.25) is 0 Å². The number of nitrogens with zero attached hydrogens (tertiary/aromatic N) is 2. The van der Waals surface area contributed by atoms with Gasteiger partial charge in [-0.15, -0.1) is 0 Å². The third-order valence-electron chi connectivity index (χ3n) is 4.38. The third kappa shape index (κ3) is 3.30. The molecule has 1 aliphatic heterocycles. The van der Waals surface area contributed by atoms with Crippen molar-refractivity contribution in [1.29, 1.82) is 0 Å². The summed E-state index contributed by atoms with van der Waals surface area (Å²) in [5.74, 6) is -1.71. The van der Waals surface area contributed by atoms with Crippen LogP contribution in [-0.4, -0.2) is 52.6 Å². The molecule has 1 saturated heterocycles. The summed E-state index contributed by atoms with van der Waals surface area (Å²) in [6, 6.07) is 11.5. The van der Waals surface area contributed by atoms with E-state index in [0.717, 1.165) is 5.69 Å².